The SMILES string of the molecule is CCC(CC)(NC(=O)c1cc(-c2cc(C(F)(F)F)ccc2C(F)(F)F)n(C[C@H]2CCCO2)c1C)C(=O)NCCOCCOCCNc1ccc([N+](=O)[O-])c2nonc12. The lowest BCUT2D eigenvalue weighted by Crippen LogP contribution is -2.58. The van der Waals surface area contributed by atoms with E-state index in [2.05, 4.69) is 30.9 Å². The summed E-state index contributed by atoms with van der Waals surface area (Å²) in [6.07, 6.45) is -8.86. The third-order valence-corrected chi connectivity index (χ3v) is 10.0. The number of aromatic nitrogens is 3. The lowest BCUT2D eigenvalue weighted by Gasteiger charge is -2.31. The lowest BCUT2D eigenvalue weighted by atomic mass is 9.91. The van der Waals surface area contributed by atoms with E-state index >= 15 is 0 Å². The van der Waals surface area contributed by atoms with Gasteiger partial charge in [-0.1, -0.05) is 13.8 Å². The molecular formula is C37H43F6N7O8. The number of rotatable bonds is 19. The van der Waals surface area contributed by atoms with Gasteiger partial charge in [-0.05, 0) is 73.3 Å². The average molecular weight is 828 g/mol. The average Bonchev–Trinajstić information content (AvgIpc) is 3.95. The number of amides is 2. The molecule has 15 nitrogen and oxygen atoms in total. The molecule has 0 saturated carbocycles. The van der Waals surface area contributed by atoms with Gasteiger partial charge in [0.25, 0.3) is 5.91 Å². The Labute approximate surface area is 327 Å². The van der Waals surface area contributed by atoms with Crippen molar-refractivity contribution in [1.82, 2.24) is 25.5 Å². The number of halogens is 6. The zero-order chi connectivity index (χ0) is 42.3. The molecule has 2 aromatic heterocycles. The van der Waals surface area contributed by atoms with Gasteiger partial charge in [0.05, 0.1) is 59.8 Å². The van der Waals surface area contributed by atoms with Gasteiger partial charge >= 0.3 is 18.0 Å². The summed E-state index contributed by atoms with van der Waals surface area (Å²) < 4.78 is 107. The van der Waals surface area contributed by atoms with Crippen molar-refractivity contribution in [1.29, 1.82) is 0 Å². The van der Waals surface area contributed by atoms with Crippen molar-refractivity contribution in [3.63, 3.8) is 0 Å². The van der Waals surface area contributed by atoms with Gasteiger partial charge < -0.3 is 34.7 Å². The summed E-state index contributed by atoms with van der Waals surface area (Å²) in [5.41, 5.74) is -4.46. The standard InChI is InChI=1S/C37H43F6N7O8/c1-4-35(5-2,34(52)45-13-16-56-18-17-55-15-12-44-28-10-11-29(50(53)54)32-31(28)47-58-48-32)46-33(51)25-20-30(49(22(25)3)21-24-7-6-14-57-24)26-19-23(36(38,39)40)8-9-27(26)37(41,42)43/h8-11,19-20,24,44H,4-7,12-18,21H2,1-3H3,(H,45,52)(H,46,51)/t24-/m1/s1. The van der Waals surface area contributed by atoms with Crippen LogP contribution in [0.15, 0.2) is 41.0 Å². The van der Waals surface area contributed by atoms with Crippen LogP contribution >= 0.6 is 0 Å². The number of carbonyl (C=O) groups is 2. The highest BCUT2D eigenvalue weighted by atomic mass is 19.4. The van der Waals surface area contributed by atoms with Crippen LogP contribution in [-0.4, -0.2) is 89.4 Å². The number of non-ortho nitro benzene ring substituents is 1. The van der Waals surface area contributed by atoms with E-state index < -0.39 is 57.4 Å². The Morgan fingerprint density at radius 1 is 0.948 bits per heavy atom. The minimum Gasteiger partial charge on any atom is -0.381 e. The molecule has 1 aliphatic heterocycles. The molecule has 5 rings (SSSR count). The van der Waals surface area contributed by atoms with Gasteiger partial charge in [-0.15, -0.1) is 0 Å². The summed E-state index contributed by atoms with van der Waals surface area (Å²) in [4.78, 5) is 38.0. The first kappa shape index (κ1) is 43.8. The number of nitrogens with one attached hydrogen (secondary N) is 3. The van der Waals surface area contributed by atoms with Crippen LogP contribution in [0.2, 0.25) is 0 Å². The normalized spacial score (nSPS) is 14.9. The molecule has 1 atom stereocenters. The zero-order valence-electron chi connectivity index (χ0n) is 31.8. The van der Waals surface area contributed by atoms with E-state index in [1.165, 1.54) is 23.6 Å². The molecule has 58 heavy (non-hydrogen) atoms. The number of ether oxygens (including phenoxy) is 3. The second-order valence-corrected chi connectivity index (χ2v) is 13.5. The van der Waals surface area contributed by atoms with E-state index in [4.69, 9.17) is 14.2 Å². The van der Waals surface area contributed by atoms with Gasteiger partial charge in [-0.3, -0.25) is 19.7 Å². The molecule has 1 aliphatic rings. The van der Waals surface area contributed by atoms with Gasteiger partial charge in [-0.25, -0.2) is 4.63 Å². The van der Waals surface area contributed by atoms with Gasteiger partial charge in [0.1, 0.15) is 5.54 Å². The summed E-state index contributed by atoms with van der Waals surface area (Å²) in [6.45, 7) is 6.37. The number of nitro benzene ring substituents is 1. The number of fused-ring (bicyclic) bond motifs is 1. The zero-order valence-corrected chi connectivity index (χ0v) is 31.8. The number of nitrogens with zero attached hydrogens (tertiary/aromatic N) is 4. The van der Waals surface area contributed by atoms with Crippen molar-refractivity contribution in [2.75, 3.05) is 51.4 Å². The molecule has 0 bridgehead atoms. The summed E-state index contributed by atoms with van der Waals surface area (Å²) in [6, 6.07) is 5.10. The van der Waals surface area contributed by atoms with Crippen molar-refractivity contribution < 1.29 is 59.7 Å². The maximum absolute atomic E-state index is 14.2. The Morgan fingerprint density at radius 2 is 1.64 bits per heavy atom. The molecule has 0 spiro atoms. The van der Waals surface area contributed by atoms with Crippen molar-refractivity contribution in [3.8, 4) is 11.3 Å². The molecule has 3 heterocycles. The summed E-state index contributed by atoms with van der Waals surface area (Å²) in [5.74, 6) is -1.32. The Kier molecular flexibility index (Phi) is 14.0. The van der Waals surface area contributed by atoms with Crippen molar-refractivity contribution in [2.45, 2.75) is 77.0 Å². The minimum absolute atomic E-state index is 0.00976. The highest BCUT2D eigenvalue weighted by molar-refractivity contribution is 6.01. The number of nitro groups is 1. The molecule has 4 aromatic rings. The predicted octanol–water partition coefficient (Wildman–Crippen LogP) is 6.67. The van der Waals surface area contributed by atoms with Crippen LogP contribution in [0.1, 0.15) is 66.7 Å². The second kappa shape index (κ2) is 18.5. The maximum atomic E-state index is 14.2. The number of anilines is 1. The third kappa shape index (κ3) is 10.0. The van der Waals surface area contributed by atoms with Gasteiger partial charge in [0.2, 0.25) is 11.4 Å². The first-order valence-corrected chi connectivity index (χ1v) is 18.5. The molecular weight excluding hydrogens is 784 g/mol. The first-order valence-electron chi connectivity index (χ1n) is 18.5. The molecule has 0 unspecified atom stereocenters. The van der Waals surface area contributed by atoms with Crippen LogP contribution in [0.5, 0.6) is 0 Å². The highest BCUT2D eigenvalue weighted by Crippen LogP contribution is 2.42. The molecule has 2 amide bonds. The fourth-order valence-corrected chi connectivity index (χ4v) is 6.72. The van der Waals surface area contributed by atoms with Crippen LogP contribution in [0.4, 0.5) is 37.7 Å². The summed E-state index contributed by atoms with van der Waals surface area (Å²) in [5, 5.41) is 27.0. The van der Waals surface area contributed by atoms with E-state index in [1.54, 1.807) is 13.8 Å². The highest BCUT2D eigenvalue weighted by Gasteiger charge is 2.40. The fraction of sp³-hybridized carbons (Fsp3) is 0.514. The number of carbonyl (C=O) groups excluding carboxylic acids is 2. The van der Waals surface area contributed by atoms with E-state index in [0.717, 1.165) is 6.07 Å². The summed E-state index contributed by atoms with van der Waals surface area (Å²) >= 11 is 0. The Morgan fingerprint density at radius 3 is 2.26 bits per heavy atom. The molecule has 0 radical (unpaired) electrons. The van der Waals surface area contributed by atoms with E-state index in [-0.39, 0.29) is 86.0 Å². The fourth-order valence-electron chi connectivity index (χ4n) is 6.72. The van der Waals surface area contributed by atoms with E-state index in [1.807, 2.05) is 0 Å². The molecule has 1 fully saturated rings. The predicted molar refractivity (Wildman–Crippen MR) is 196 cm³/mol. The van der Waals surface area contributed by atoms with Crippen molar-refractivity contribution in [3.05, 3.63) is 68.9 Å². The maximum Gasteiger partial charge on any atom is 0.417 e. The lowest BCUT2D eigenvalue weighted by molar-refractivity contribution is -0.383. The molecule has 0 aliphatic carbocycles. The number of hydrogen-bond donors (Lipinski definition) is 3. The van der Waals surface area contributed by atoms with E-state index in [0.29, 0.717) is 49.9 Å². The van der Waals surface area contributed by atoms with E-state index in [9.17, 15) is 46.0 Å². The molecule has 21 heteroatoms. The first-order chi connectivity index (χ1) is 27.5. The van der Waals surface area contributed by atoms with Gasteiger partial charge in [0.15, 0.2) is 5.52 Å². The molecule has 1 saturated heterocycles. The Bertz CT molecular complexity index is 2070. The van der Waals surface area contributed by atoms with Crippen LogP contribution in [0.3, 0.4) is 0 Å². The van der Waals surface area contributed by atoms with Crippen LogP contribution in [0, 0.1) is 17.0 Å². The summed E-state index contributed by atoms with van der Waals surface area (Å²) in [7, 11) is 0. The van der Waals surface area contributed by atoms with Crippen LogP contribution < -0.4 is 16.0 Å². The van der Waals surface area contributed by atoms with Crippen molar-refractivity contribution in [2.24, 2.45) is 0 Å². The Balaban J connectivity index is 1.18. The number of alkyl halides is 6. The third-order valence-electron chi connectivity index (χ3n) is 10.0. The number of benzene rings is 2. The molecule has 316 valence electrons. The van der Waals surface area contributed by atoms with Gasteiger partial charge in [-0.2, -0.15) is 26.3 Å². The van der Waals surface area contributed by atoms with Crippen LogP contribution in [-0.2, 0) is 37.9 Å². The smallest absolute Gasteiger partial charge is 0.381 e. The largest absolute Gasteiger partial charge is 0.417 e. The molecule has 2 aromatic carbocycles. The Hall–Kier alpha value is -5.28. The molecule has 3 N–H and O–H groups in total. The monoisotopic (exact) mass is 827 g/mol. The van der Waals surface area contributed by atoms with Crippen LogP contribution in [0.25, 0.3) is 22.3 Å². The second-order valence-electron chi connectivity index (χ2n) is 13.5. The number of hydrogen-bond acceptors (Lipinski definition) is 11. The van der Waals surface area contributed by atoms with Gasteiger partial charge in [0, 0.05) is 49.3 Å². The quantitative estimate of drug-likeness (QED) is 0.0397. The van der Waals surface area contributed by atoms with Crippen molar-refractivity contribution >= 4 is 34.2 Å². The minimum atomic E-state index is -5.01. The topological polar surface area (TPSA) is 185 Å².